The fourth-order valence-electron chi connectivity index (χ4n) is 2.98. The van der Waals surface area contributed by atoms with E-state index in [0.29, 0.717) is 18.9 Å². The normalized spacial score (nSPS) is 22.1. The summed E-state index contributed by atoms with van der Waals surface area (Å²) in [6.45, 7) is 4.34. The first-order valence-electron chi connectivity index (χ1n) is 6.87. The molecule has 3 rings (SSSR count). The summed E-state index contributed by atoms with van der Waals surface area (Å²) >= 11 is 0. The largest absolute Gasteiger partial charge is 0.379 e. The Morgan fingerprint density at radius 1 is 1.42 bits per heavy atom. The molecule has 4 heteroatoms. The first kappa shape index (κ1) is 12.6. The van der Waals surface area contributed by atoms with Crippen LogP contribution < -0.4 is 11.1 Å². The number of rotatable bonds is 3. The van der Waals surface area contributed by atoms with E-state index in [2.05, 4.69) is 24.4 Å². The molecule has 1 amide bonds. The van der Waals surface area contributed by atoms with Crippen LogP contribution in [0.4, 0.5) is 5.69 Å². The summed E-state index contributed by atoms with van der Waals surface area (Å²) in [4.78, 5) is 11.4. The van der Waals surface area contributed by atoms with Crippen molar-refractivity contribution in [3.05, 3.63) is 29.3 Å². The molecule has 2 aliphatic rings. The molecule has 0 aromatic heterocycles. The third-order valence-electron chi connectivity index (χ3n) is 4.59. The molecule has 0 bridgehead atoms. The van der Waals surface area contributed by atoms with Gasteiger partial charge in [-0.15, -0.1) is 0 Å². The van der Waals surface area contributed by atoms with Gasteiger partial charge in [0.2, 0.25) is 5.91 Å². The lowest BCUT2D eigenvalue weighted by molar-refractivity contribution is -0.116. The first-order chi connectivity index (χ1) is 9.15. The summed E-state index contributed by atoms with van der Waals surface area (Å²) in [5, 5.41) is 2.92. The number of anilines is 1. The van der Waals surface area contributed by atoms with E-state index < -0.39 is 0 Å². The van der Waals surface area contributed by atoms with Crippen LogP contribution in [0.1, 0.15) is 24.5 Å². The molecule has 1 unspecified atom stereocenters. The van der Waals surface area contributed by atoms with Crippen LogP contribution >= 0.6 is 0 Å². The molecule has 0 radical (unpaired) electrons. The monoisotopic (exact) mass is 260 g/mol. The smallest absolute Gasteiger partial charge is 0.224 e. The second kappa shape index (κ2) is 4.62. The van der Waals surface area contributed by atoms with Crippen LogP contribution in [0.15, 0.2) is 18.2 Å². The number of benzene rings is 1. The molecule has 1 atom stereocenters. The Morgan fingerprint density at radius 3 is 2.84 bits per heavy atom. The van der Waals surface area contributed by atoms with Crippen molar-refractivity contribution in [3.63, 3.8) is 0 Å². The van der Waals surface area contributed by atoms with Crippen LogP contribution in [0.5, 0.6) is 0 Å². The number of nitrogens with two attached hydrogens (primary N) is 1. The van der Waals surface area contributed by atoms with Crippen molar-refractivity contribution in [3.8, 4) is 0 Å². The first-order valence-corrected chi connectivity index (χ1v) is 6.87. The minimum absolute atomic E-state index is 0.0608. The van der Waals surface area contributed by atoms with Gasteiger partial charge in [0.25, 0.3) is 0 Å². The SMILES string of the molecule is CC(CN)C1(c2ccc3c(c2)CCC(=O)N3)COC1. The Labute approximate surface area is 113 Å². The highest BCUT2D eigenvalue weighted by Crippen LogP contribution is 2.40. The van der Waals surface area contributed by atoms with Crippen LogP contribution in [-0.4, -0.2) is 25.7 Å². The quantitative estimate of drug-likeness (QED) is 0.864. The van der Waals surface area contributed by atoms with Crippen molar-refractivity contribution in [1.82, 2.24) is 0 Å². The lowest BCUT2D eigenvalue weighted by Crippen LogP contribution is -2.53. The summed E-state index contributed by atoms with van der Waals surface area (Å²) in [6.07, 6.45) is 1.40. The zero-order valence-electron chi connectivity index (χ0n) is 11.2. The molecule has 1 saturated heterocycles. The molecule has 19 heavy (non-hydrogen) atoms. The highest BCUT2D eigenvalue weighted by molar-refractivity contribution is 5.93. The highest BCUT2D eigenvalue weighted by atomic mass is 16.5. The maximum Gasteiger partial charge on any atom is 0.224 e. The molecule has 1 aromatic carbocycles. The Bertz CT molecular complexity index is 509. The molecule has 2 heterocycles. The van der Waals surface area contributed by atoms with Crippen molar-refractivity contribution in [2.75, 3.05) is 25.1 Å². The predicted octanol–water partition coefficient (Wildman–Crippen LogP) is 1.43. The molecular weight excluding hydrogens is 240 g/mol. The summed E-state index contributed by atoms with van der Waals surface area (Å²) in [6, 6.07) is 6.35. The molecule has 0 spiro atoms. The van der Waals surface area contributed by atoms with Crippen LogP contribution in [-0.2, 0) is 21.4 Å². The van der Waals surface area contributed by atoms with Gasteiger partial charge in [0.05, 0.1) is 13.2 Å². The number of carbonyl (C=O) groups is 1. The lowest BCUT2D eigenvalue weighted by atomic mass is 9.69. The average Bonchev–Trinajstić information content (AvgIpc) is 2.37. The highest BCUT2D eigenvalue weighted by Gasteiger charge is 2.44. The standard InChI is InChI=1S/C15H20N2O2/c1-10(7-16)15(8-19-9-15)12-3-4-13-11(6-12)2-5-14(18)17-13/h3-4,6,10H,2,5,7-9,16H2,1H3,(H,17,18). The van der Waals surface area contributed by atoms with Gasteiger partial charge in [0.15, 0.2) is 0 Å². The van der Waals surface area contributed by atoms with Gasteiger partial charge in [-0.1, -0.05) is 19.1 Å². The number of aryl methyl sites for hydroxylation is 1. The predicted molar refractivity (Wildman–Crippen MR) is 74.1 cm³/mol. The topological polar surface area (TPSA) is 64.4 Å². The van der Waals surface area contributed by atoms with Crippen molar-refractivity contribution in [2.24, 2.45) is 11.7 Å². The number of amides is 1. The van der Waals surface area contributed by atoms with E-state index in [1.165, 1.54) is 11.1 Å². The number of carbonyl (C=O) groups excluding carboxylic acids is 1. The molecule has 2 aliphatic heterocycles. The van der Waals surface area contributed by atoms with Crippen LogP contribution in [0.2, 0.25) is 0 Å². The number of nitrogens with one attached hydrogen (secondary N) is 1. The van der Waals surface area contributed by atoms with Gasteiger partial charge in [0, 0.05) is 17.5 Å². The van der Waals surface area contributed by atoms with E-state index in [9.17, 15) is 4.79 Å². The zero-order chi connectivity index (χ0) is 13.5. The van der Waals surface area contributed by atoms with Gasteiger partial charge in [0.1, 0.15) is 0 Å². The summed E-state index contributed by atoms with van der Waals surface area (Å²) in [7, 11) is 0. The Balaban J connectivity index is 1.95. The summed E-state index contributed by atoms with van der Waals surface area (Å²) in [5.74, 6) is 0.509. The van der Waals surface area contributed by atoms with Gasteiger partial charge in [-0.25, -0.2) is 0 Å². The second-order valence-electron chi connectivity index (χ2n) is 5.71. The molecule has 3 N–H and O–H groups in total. The minimum atomic E-state index is 0.0608. The number of ether oxygens (including phenoxy) is 1. The number of hydrogen-bond acceptors (Lipinski definition) is 3. The third kappa shape index (κ3) is 1.95. The maximum atomic E-state index is 11.4. The van der Waals surface area contributed by atoms with Gasteiger partial charge >= 0.3 is 0 Å². The molecule has 1 aromatic rings. The van der Waals surface area contributed by atoms with Gasteiger partial charge in [-0.2, -0.15) is 0 Å². The fraction of sp³-hybridized carbons (Fsp3) is 0.533. The molecule has 102 valence electrons. The van der Waals surface area contributed by atoms with Crippen molar-refractivity contribution in [2.45, 2.75) is 25.2 Å². The van der Waals surface area contributed by atoms with Crippen LogP contribution in [0.25, 0.3) is 0 Å². The summed E-state index contributed by atoms with van der Waals surface area (Å²) < 4.78 is 5.45. The second-order valence-corrected chi connectivity index (χ2v) is 5.71. The maximum absolute atomic E-state index is 11.4. The minimum Gasteiger partial charge on any atom is -0.379 e. The number of hydrogen-bond donors (Lipinski definition) is 2. The van der Waals surface area contributed by atoms with E-state index >= 15 is 0 Å². The van der Waals surface area contributed by atoms with E-state index in [1.807, 2.05) is 6.07 Å². The van der Waals surface area contributed by atoms with E-state index in [-0.39, 0.29) is 11.3 Å². The molecule has 0 aliphatic carbocycles. The Kier molecular flexibility index (Phi) is 3.07. The Hall–Kier alpha value is -1.39. The zero-order valence-corrected chi connectivity index (χ0v) is 11.2. The van der Waals surface area contributed by atoms with Crippen molar-refractivity contribution < 1.29 is 9.53 Å². The lowest BCUT2D eigenvalue weighted by Gasteiger charge is -2.46. The van der Waals surface area contributed by atoms with Crippen LogP contribution in [0, 0.1) is 5.92 Å². The van der Waals surface area contributed by atoms with Crippen LogP contribution in [0.3, 0.4) is 0 Å². The van der Waals surface area contributed by atoms with Gasteiger partial charge < -0.3 is 15.8 Å². The molecule has 1 fully saturated rings. The van der Waals surface area contributed by atoms with Gasteiger partial charge in [-0.05, 0) is 36.1 Å². The van der Waals surface area contributed by atoms with Crippen molar-refractivity contribution >= 4 is 11.6 Å². The van der Waals surface area contributed by atoms with Gasteiger partial charge in [-0.3, -0.25) is 4.79 Å². The van der Waals surface area contributed by atoms with E-state index in [0.717, 1.165) is 25.3 Å². The average molecular weight is 260 g/mol. The summed E-state index contributed by atoms with van der Waals surface area (Å²) in [5.41, 5.74) is 9.39. The Morgan fingerprint density at radius 2 is 2.21 bits per heavy atom. The van der Waals surface area contributed by atoms with Crippen molar-refractivity contribution in [1.29, 1.82) is 0 Å². The van der Waals surface area contributed by atoms with E-state index in [4.69, 9.17) is 10.5 Å². The van der Waals surface area contributed by atoms with E-state index in [1.54, 1.807) is 0 Å². The molecular formula is C15H20N2O2. The molecule has 4 nitrogen and oxygen atoms in total. The fourth-order valence-corrected chi connectivity index (χ4v) is 2.98. The molecule has 0 saturated carbocycles. The third-order valence-corrected chi connectivity index (χ3v) is 4.59. The number of fused-ring (bicyclic) bond motifs is 1.